The molecule has 10 heteroatoms. The Kier molecular flexibility index (Phi) is 6.75. The van der Waals surface area contributed by atoms with Crippen molar-refractivity contribution in [1.82, 2.24) is 5.32 Å². The van der Waals surface area contributed by atoms with Gasteiger partial charge >= 0.3 is 11.9 Å². The van der Waals surface area contributed by atoms with Gasteiger partial charge in [0.2, 0.25) is 5.76 Å². The molecule has 144 valence electrons. The fraction of sp³-hybridized carbons (Fsp3) is 0.294. The first kappa shape index (κ1) is 19.8. The topological polar surface area (TPSA) is 130 Å². The summed E-state index contributed by atoms with van der Waals surface area (Å²) in [5.41, 5.74) is 0.924. The van der Waals surface area contributed by atoms with Crippen molar-refractivity contribution in [2.75, 3.05) is 27.4 Å². The van der Waals surface area contributed by atoms with Crippen molar-refractivity contribution in [1.29, 1.82) is 0 Å². The number of carbonyl (C=O) groups is 2. The van der Waals surface area contributed by atoms with Crippen molar-refractivity contribution in [2.45, 2.75) is 6.42 Å². The van der Waals surface area contributed by atoms with Gasteiger partial charge in [-0.25, -0.2) is 4.79 Å². The summed E-state index contributed by atoms with van der Waals surface area (Å²) < 4.78 is 19.8. The van der Waals surface area contributed by atoms with Crippen LogP contribution in [0, 0.1) is 10.1 Å². The second-order valence-corrected chi connectivity index (χ2v) is 5.26. The molecule has 2 aromatic rings. The summed E-state index contributed by atoms with van der Waals surface area (Å²) in [7, 11) is 3.07. The molecular weight excluding hydrogens is 360 g/mol. The molecule has 0 bridgehead atoms. The minimum absolute atomic E-state index is 0.318. The molecule has 0 spiro atoms. The number of hydrogen-bond donors (Lipinski definition) is 1. The van der Waals surface area contributed by atoms with Crippen LogP contribution in [0.15, 0.2) is 34.7 Å². The average molecular weight is 378 g/mol. The van der Waals surface area contributed by atoms with E-state index in [1.54, 1.807) is 19.2 Å². The predicted molar refractivity (Wildman–Crippen MR) is 91.9 cm³/mol. The number of carbonyl (C=O) groups excluding carboxylic acids is 2. The Bertz CT molecular complexity index is 830. The van der Waals surface area contributed by atoms with Crippen LogP contribution in [0.4, 0.5) is 5.88 Å². The van der Waals surface area contributed by atoms with E-state index in [0.717, 1.165) is 17.7 Å². The van der Waals surface area contributed by atoms with Crippen LogP contribution in [0.1, 0.15) is 16.1 Å². The maximum absolute atomic E-state index is 11.7. The third kappa shape index (κ3) is 5.46. The lowest BCUT2D eigenvalue weighted by molar-refractivity contribution is -0.402. The van der Waals surface area contributed by atoms with Crippen LogP contribution < -0.4 is 14.8 Å². The smallest absolute Gasteiger partial charge is 0.433 e. The summed E-state index contributed by atoms with van der Waals surface area (Å²) >= 11 is 0. The third-order valence-corrected chi connectivity index (χ3v) is 3.49. The first-order chi connectivity index (χ1) is 12.9. The van der Waals surface area contributed by atoms with Gasteiger partial charge in [-0.2, -0.15) is 0 Å². The number of ether oxygens (including phenoxy) is 3. The van der Waals surface area contributed by atoms with E-state index in [4.69, 9.17) is 18.6 Å². The molecule has 27 heavy (non-hydrogen) atoms. The van der Waals surface area contributed by atoms with Gasteiger partial charge in [-0.3, -0.25) is 14.9 Å². The number of hydrogen-bond acceptors (Lipinski definition) is 8. The van der Waals surface area contributed by atoms with E-state index < -0.39 is 29.3 Å². The summed E-state index contributed by atoms with van der Waals surface area (Å²) in [6.45, 7) is -0.211. The zero-order valence-electron chi connectivity index (χ0n) is 14.7. The highest BCUT2D eigenvalue weighted by molar-refractivity contribution is 5.89. The Morgan fingerprint density at radius 2 is 1.89 bits per heavy atom. The molecule has 0 aliphatic heterocycles. The second kappa shape index (κ2) is 9.22. The van der Waals surface area contributed by atoms with Crippen LogP contribution in [0.5, 0.6) is 11.5 Å². The van der Waals surface area contributed by atoms with Crippen LogP contribution in [-0.2, 0) is 16.0 Å². The lowest BCUT2D eigenvalue weighted by atomic mass is 10.1. The molecular formula is C17H18N2O8. The van der Waals surface area contributed by atoms with Gasteiger partial charge in [-0.15, -0.1) is 0 Å². The lowest BCUT2D eigenvalue weighted by Crippen LogP contribution is -2.30. The molecule has 1 aromatic carbocycles. The largest absolute Gasteiger partial charge is 0.493 e. The van der Waals surface area contributed by atoms with E-state index in [-0.39, 0.29) is 5.76 Å². The summed E-state index contributed by atoms with van der Waals surface area (Å²) in [4.78, 5) is 33.1. The van der Waals surface area contributed by atoms with E-state index in [1.807, 2.05) is 6.07 Å². The predicted octanol–water partition coefficient (Wildman–Crippen LogP) is 1.72. The Morgan fingerprint density at radius 1 is 1.15 bits per heavy atom. The molecule has 1 N–H and O–H groups in total. The zero-order chi connectivity index (χ0) is 19.8. The van der Waals surface area contributed by atoms with E-state index in [0.29, 0.717) is 24.5 Å². The number of nitrogens with one attached hydrogen (secondary N) is 1. The van der Waals surface area contributed by atoms with Crippen LogP contribution in [0.3, 0.4) is 0 Å². The monoisotopic (exact) mass is 378 g/mol. The summed E-state index contributed by atoms with van der Waals surface area (Å²) in [5.74, 6) is -1.21. The van der Waals surface area contributed by atoms with E-state index in [9.17, 15) is 19.7 Å². The van der Waals surface area contributed by atoms with Crippen molar-refractivity contribution in [3.05, 3.63) is 51.8 Å². The molecule has 0 saturated heterocycles. The van der Waals surface area contributed by atoms with Gasteiger partial charge in [0.15, 0.2) is 18.1 Å². The Balaban J connectivity index is 1.76. The fourth-order valence-electron chi connectivity index (χ4n) is 2.17. The molecule has 1 heterocycles. The van der Waals surface area contributed by atoms with Crippen molar-refractivity contribution in [2.24, 2.45) is 0 Å². The standard InChI is InChI=1S/C17H18N2O8/c1-24-12-4-3-11(9-14(12)25-2)7-8-18-15(20)10-26-17(21)13-5-6-16(27-13)19(22)23/h3-6,9H,7-8,10H2,1-2H3,(H,18,20). The van der Waals surface area contributed by atoms with E-state index >= 15 is 0 Å². The van der Waals surface area contributed by atoms with Crippen LogP contribution in [0.2, 0.25) is 0 Å². The van der Waals surface area contributed by atoms with Gasteiger partial charge in [0, 0.05) is 6.54 Å². The first-order valence-electron chi connectivity index (χ1n) is 7.83. The molecule has 0 atom stereocenters. The molecule has 0 unspecified atom stereocenters. The molecule has 0 radical (unpaired) electrons. The van der Waals surface area contributed by atoms with E-state index in [1.165, 1.54) is 7.11 Å². The SMILES string of the molecule is COc1ccc(CCNC(=O)COC(=O)c2ccc([N+](=O)[O-])o2)cc1OC. The quantitative estimate of drug-likeness (QED) is 0.396. The number of nitro groups is 1. The second-order valence-electron chi connectivity index (χ2n) is 5.26. The summed E-state index contributed by atoms with van der Waals surface area (Å²) in [5, 5.41) is 13.1. The molecule has 0 aliphatic rings. The highest BCUT2D eigenvalue weighted by Crippen LogP contribution is 2.27. The number of amides is 1. The Hall–Kier alpha value is -3.56. The molecule has 0 fully saturated rings. The average Bonchev–Trinajstić information content (AvgIpc) is 3.16. The van der Waals surface area contributed by atoms with E-state index in [2.05, 4.69) is 5.32 Å². The van der Waals surface area contributed by atoms with Crippen molar-refractivity contribution in [3.8, 4) is 11.5 Å². The van der Waals surface area contributed by atoms with Crippen LogP contribution in [-0.4, -0.2) is 44.2 Å². The number of furan rings is 1. The number of rotatable bonds is 9. The van der Waals surface area contributed by atoms with Gasteiger partial charge in [-0.1, -0.05) is 6.07 Å². The fourth-order valence-corrected chi connectivity index (χ4v) is 2.17. The number of methoxy groups -OCH3 is 2. The molecule has 0 saturated carbocycles. The van der Waals surface area contributed by atoms with Crippen LogP contribution >= 0.6 is 0 Å². The summed E-state index contributed by atoms with van der Waals surface area (Å²) in [6.07, 6.45) is 0.532. The normalized spacial score (nSPS) is 10.1. The van der Waals surface area contributed by atoms with Crippen molar-refractivity contribution < 1.29 is 33.1 Å². The molecule has 1 amide bonds. The molecule has 2 rings (SSSR count). The highest BCUT2D eigenvalue weighted by atomic mass is 16.7. The Labute approximate surface area is 154 Å². The minimum Gasteiger partial charge on any atom is -0.493 e. The molecule has 0 aliphatic carbocycles. The number of esters is 1. The van der Waals surface area contributed by atoms with Gasteiger partial charge in [0.25, 0.3) is 5.91 Å². The van der Waals surface area contributed by atoms with Crippen molar-refractivity contribution >= 4 is 17.8 Å². The maximum Gasteiger partial charge on any atom is 0.433 e. The minimum atomic E-state index is -0.960. The van der Waals surface area contributed by atoms with Gasteiger partial charge < -0.3 is 23.9 Å². The van der Waals surface area contributed by atoms with Crippen LogP contribution in [0.25, 0.3) is 0 Å². The Morgan fingerprint density at radius 3 is 2.52 bits per heavy atom. The lowest BCUT2D eigenvalue weighted by Gasteiger charge is -2.10. The van der Waals surface area contributed by atoms with Gasteiger partial charge in [0.05, 0.1) is 20.3 Å². The zero-order valence-corrected chi connectivity index (χ0v) is 14.7. The van der Waals surface area contributed by atoms with Gasteiger partial charge in [0.1, 0.15) is 4.92 Å². The first-order valence-corrected chi connectivity index (χ1v) is 7.83. The van der Waals surface area contributed by atoms with Crippen molar-refractivity contribution in [3.63, 3.8) is 0 Å². The molecule has 10 nitrogen and oxygen atoms in total. The third-order valence-electron chi connectivity index (χ3n) is 3.49. The summed E-state index contributed by atoms with van der Waals surface area (Å²) in [6, 6.07) is 7.54. The number of benzene rings is 1. The maximum atomic E-state index is 11.7. The highest BCUT2D eigenvalue weighted by Gasteiger charge is 2.19. The van der Waals surface area contributed by atoms with Gasteiger partial charge in [-0.05, 0) is 30.2 Å². The number of nitrogens with zero attached hydrogens (tertiary/aromatic N) is 1. The molecule has 1 aromatic heterocycles.